The van der Waals surface area contributed by atoms with Crippen LogP contribution in [0, 0.1) is 11.6 Å². The van der Waals surface area contributed by atoms with Crippen LogP contribution in [0.2, 0.25) is 5.02 Å². The van der Waals surface area contributed by atoms with E-state index in [1.165, 1.54) is 25.2 Å². The second-order valence-electron chi connectivity index (χ2n) is 7.71. The second-order valence-corrected chi connectivity index (χ2v) is 8.12. The standard InChI is InChI=1S/C22H25ClF2N2O4/c1-6-17(27-21(29)31-22(2,3)4)13-8-9-15(23)19(18(13)25)30-12-7-10-16(24)14(11-12)20(28)26-5/h7-11,17H,6H2,1-5H3,(H,26,28)(H,27,29)/t17-/m1/s1. The molecule has 0 saturated heterocycles. The number of halogens is 3. The molecule has 0 aliphatic heterocycles. The lowest BCUT2D eigenvalue weighted by Gasteiger charge is -2.24. The van der Waals surface area contributed by atoms with E-state index in [4.69, 9.17) is 21.1 Å². The van der Waals surface area contributed by atoms with Gasteiger partial charge in [-0.2, -0.15) is 0 Å². The second kappa shape index (κ2) is 9.96. The summed E-state index contributed by atoms with van der Waals surface area (Å²) in [5, 5.41) is 4.91. The molecule has 0 aliphatic rings. The van der Waals surface area contributed by atoms with Crippen LogP contribution in [-0.2, 0) is 4.74 Å². The fourth-order valence-electron chi connectivity index (χ4n) is 2.75. The van der Waals surface area contributed by atoms with Gasteiger partial charge in [-0.1, -0.05) is 24.6 Å². The number of hydrogen-bond acceptors (Lipinski definition) is 4. The van der Waals surface area contributed by atoms with Gasteiger partial charge >= 0.3 is 6.09 Å². The van der Waals surface area contributed by atoms with Gasteiger partial charge in [0, 0.05) is 12.6 Å². The summed E-state index contributed by atoms with van der Waals surface area (Å²) in [4.78, 5) is 23.9. The number of hydrogen-bond donors (Lipinski definition) is 2. The number of carbonyl (C=O) groups excluding carboxylic acids is 2. The van der Waals surface area contributed by atoms with E-state index in [9.17, 15) is 14.0 Å². The summed E-state index contributed by atoms with van der Waals surface area (Å²) in [7, 11) is 1.36. The fraction of sp³-hybridized carbons (Fsp3) is 0.364. The average molecular weight is 455 g/mol. The van der Waals surface area contributed by atoms with Crippen LogP contribution in [0.15, 0.2) is 30.3 Å². The lowest BCUT2D eigenvalue weighted by molar-refractivity contribution is 0.0501. The molecular weight excluding hydrogens is 430 g/mol. The van der Waals surface area contributed by atoms with Crippen molar-refractivity contribution in [2.24, 2.45) is 0 Å². The van der Waals surface area contributed by atoms with E-state index in [0.29, 0.717) is 6.42 Å². The number of ether oxygens (including phenoxy) is 2. The molecular formula is C22H25ClF2N2O4. The highest BCUT2D eigenvalue weighted by atomic mass is 35.5. The largest absolute Gasteiger partial charge is 0.453 e. The quantitative estimate of drug-likeness (QED) is 0.583. The van der Waals surface area contributed by atoms with E-state index < -0.39 is 35.3 Å². The first-order valence-corrected chi connectivity index (χ1v) is 10.0. The summed E-state index contributed by atoms with van der Waals surface area (Å²) in [6, 6.07) is 5.60. The van der Waals surface area contributed by atoms with Crippen molar-refractivity contribution < 1.29 is 27.8 Å². The molecule has 0 aliphatic carbocycles. The Morgan fingerprint density at radius 1 is 1.16 bits per heavy atom. The van der Waals surface area contributed by atoms with Gasteiger partial charge in [0.2, 0.25) is 0 Å². The van der Waals surface area contributed by atoms with Gasteiger partial charge in [-0.25, -0.2) is 13.6 Å². The van der Waals surface area contributed by atoms with E-state index in [1.54, 1.807) is 27.7 Å². The predicted molar refractivity (Wildman–Crippen MR) is 114 cm³/mol. The normalized spacial score (nSPS) is 12.1. The molecule has 31 heavy (non-hydrogen) atoms. The van der Waals surface area contributed by atoms with Crippen LogP contribution < -0.4 is 15.4 Å². The number of alkyl carbamates (subject to hydrolysis) is 1. The third kappa shape index (κ3) is 6.30. The zero-order chi connectivity index (χ0) is 23.3. The molecule has 9 heteroatoms. The maximum atomic E-state index is 15.3. The summed E-state index contributed by atoms with van der Waals surface area (Å²) < 4.78 is 40.0. The molecule has 2 amide bonds. The zero-order valence-corrected chi connectivity index (χ0v) is 18.7. The van der Waals surface area contributed by atoms with Crippen LogP contribution in [0.4, 0.5) is 13.6 Å². The minimum Gasteiger partial charge on any atom is -0.453 e. The smallest absolute Gasteiger partial charge is 0.408 e. The summed E-state index contributed by atoms with van der Waals surface area (Å²) >= 11 is 6.12. The average Bonchev–Trinajstić information content (AvgIpc) is 2.69. The molecule has 0 saturated carbocycles. The number of rotatable bonds is 6. The van der Waals surface area contributed by atoms with E-state index in [2.05, 4.69) is 10.6 Å². The molecule has 2 aromatic rings. The molecule has 0 bridgehead atoms. The van der Waals surface area contributed by atoms with Crippen molar-refractivity contribution in [2.45, 2.75) is 45.8 Å². The Balaban J connectivity index is 2.36. The van der Waals surface area contributed by atoms with Gasteiger partial charge < -0.3 is 20.1 Å². The fourth-order valence-corrected chi connectivity index (χ4v) is 2.94. The third-order valence-corrected chi connectivity index (χ3v) is 4.48. The number of carbonyl (C=O) groups is 2. The Kier molecular flexibility index (Phi) is 7.84. The molecule has 2 rings (SSSR count). The molecule has 0 heterocycles. The summed E-state index contributed by atoms with van der Waals surface area (Å²) in [5.41, 5.74) is -0.826. The Bertz CT molecular complexity index is 977. The van der Waals surface area contributed by atoms with Crippen LogP contribution in [0.1, 0.15) is 56.1 Å². The van der Waals surface area contributed by atoms with E-state index in [0.717, 1.165) is 12.1 Å². The highest BCUT2D eigenvalue weighted by Crippen LogP contribution is 2.37. The highest BCUT2D eigenvalue weighted by Gasteiger charge is 2.25. The SMILES string of the molecule is CC[C@@H](NC(=O)OC(C)(C)C)c1ccc(Cl)c(Oc2ccc(F)c(C(=O)NC)c2)c1F. The van der Waals surface area contributed by atoms with Gasteiger partial charge in [0.1, 0.15) is 17.2 Å². The maximum Gasteiger partial charge on any atom is 0.408 e. The minimum atomic E-state index is -0.791. The minimum absolute atomic E-state index is 0.0195. The summed E-state index contributed by atoms with van der Waals surface area (Å²) in [6.07, 6.45) is -0.320. The summed E-state index contributed by atoms with van der Waals surface area (Å²) in [6.45, 7) is 6.93. The molecule has 2 N–H and O–H groups in total. The Morgan fingerprint density at radius 3 is 2.42 bits per heavy atom. The number of nitrogens with one attached hydrogen (secondary N) is 2. The highest BCUT2D eigenvalue weighted by molar-refractivity contribution is 6.32. The molecule has 0 unspecified atom stereocenters. The van der Waals surface area contributed by atoms with Crippen LogP contribution >= 0.6 is 11.6 Å². The molecule has 0 fully saturated rings. The topological polar surface area (TPSA) is 76.7 Å². The van der Waals surface area contributed by atoms with Crippen LogP contribution in [0.3, 0.4) is 0 Å². The first-order chi connectivity index (χ1) is 14.5. The maximum absolute atomic E-state index is 15.3. The summed E-state index contributed by atoms with van der Waals surface area (Å²) in [5.74, 6) is -2.49. The zero-order valence-electron chi connectivity index (χ0n) is 17.9. The molecule has 1 atom stereocenters. The van der Waals surface area contributed by atoms with Crippen LogP contribution in [0.25, 0.3) is 0 Å². The van der Waals surface area contributed by atoms with Crippen molar-refractivity contribution in [3.05, 3.63) is 58.1 Å². The van der Waals surface area contributed by atoms with E-state index in [1.807, 2.05) is 0 Å². The van der Waals surface area contributed by atoms with Gasteiger partial charge in [-0.05, 0) is 51.5 Å². The molecule has 2 aromatic carbocycles. The van der Waals surface area contributed by atoms with Gasteiger partial charge in [0.25, 0.3) is 5.91 Å². The molecule has 0 spiro atoms. The van der Waals surface area contributed by atoms with E-state index >= 15 is 4.39 Å². The van der Waals surface area contributed by atoms with Crippen molar-refractivity contribution in [3.8, 4) is 11.5 Å². The van der Waals surface area contributed by atoms with Crippen LogP contribution in [0.5, 0.6) is 11.5 Å². The first-order valence-electron chi connectivity index (χ1n) is 9.63. The molecule has 168 valence electrons. The Labute approximate surface area is 184 Å². The lowest BCUT2D eigenvalue weighted by Crippen LogP contribution is -2.35. The Morgan fingerprint density at radius 2 is 1.84 bits per heavy atom. The first kappa shape index (κ1) is 24.4. The molecule has 0 radical (unpaired) electrons. The molecule has 0 aromatic heterocycles. The number of benzene rings is 2. The monoisotopic (exact) mass is 454 g/mol. The van der Waals surface area contributed by atoms with Crippen LogP contribution in [-0.4, -0.2) is 24.6 Å². The van der Waals surface area contributed by atoms with Crippen molar-refractivity contribution >= 4 is 23.6 Å². The van der Waals surface area contributed by atoms with E-state index in [-0.39, 0.29) is 27.6 Å². The van der Waals surface area contributed by atoms with Crippen molar-refractivity contribution in [1.82, 2.24) is 10.6 Å². The lowest BCUT2D eigenvalue weighted by atomic mass is 10.0. The van der Waals surface area contributed by atoms with Gasteiger partial charge in [0.15, 0.2) is 11.6 Å². The number of amides is 2. The third-order valence-electron chi connectivity index (χ3n) is 4.18. The van der Waals surface area contributed by atoms with Gasteiger partial charge in [-0.15, -0.1) is 0 Å². The van der Waals surface area contributed by atoms with Gasteiger partial charge in [-0.3, -0.25) is 4.79 Å². The molecule has 6 nitrogen and oxygen atoms in total. The van der Waals surface area contributed by atoms with Crippen molar-refractivity contribution in [3.63, 3.8) is 0 Å². The van der Waals surface area contributed by atoms with Gasteiger partial charge in [0.05, 0.1) is 16.6 Å². The van der Waals surface area contributed by atoms with Crippen molar-refractivity contribution in [2.75, 3.05) is 7.05 Å². The van der Waals surface area contributed by atoms with Crippen molar-refractivity contribution in [1.29, 1.82) is 0 Å². The Hall–Kier alpha value is -2.87. The predicted octanol–water partition coefficient (Wildman–Crippen LogP) is 5.75.